The lowest BCUT2D eigenvalue weighted by Crippen LogP contribution is -1.89. The van der Waals surface area contributed by atoms with Gasteiger partial charge in [-0.2, -0.15) is 0 Å². The Morgan fingerprint density at radius 3 is 2.29 bits per heavy atom. The molecule has 0 unspecified atom stereocenters. The molecule has 2 aromatic rings. The van der Waals surface area contributed by atoms with E-state index in [1.165, 1.54) is 5.56 Å². The Morgan fingerprint density at radius 2 is 1.64 bits per heavy atom. The van der Waals surface area contributed by atoms with Crippen LogP contribution in [0.4, 0.5) is 0 Å². The van der Waals surface area contributed by atoms with Crippen LogP contribution in [0.3, 0.4) is 0 Å². The number of phenolic OH excluding ortho intramolecular Hbond substituents is 1. The van der Waals surface area contributed by atoms with Gasteiger partial charge in [0.15, 0.2) is 0 Å². The normalized spacial score (nSPS) is 11.1. The highest BCUT2D eigenvalue weighted by atomic mass is 16.3. The molecule has 0 saturated heterocycles. The lowest BCUT2D eigenvalue weighted by molar-refractivity contribution is 0.481. The molecule has 0 aliphatic rings. The van der Waals surface area contributed by atoms with E-state index < -0.39 is 0 Å². The Kier molecular flexibility index (Phi) is 2.16. The van der Waals surface area contributed by atoms with Crippen LogP contribution in [-0.2, 0) is 0 Å². The largest absolute Gasteiger partial charge is 0.507 e. The average Bonchev–Trinajstić information content (AvgIpc) is 2.17. The zero-order valence-electron chi connectivity index (χ0n) is 8.49. The van der Waals surface area contributed by atoms with Gasteiger partial charge in [0.2, 0.25) is 0 Å². The molecular formula is C13H14O. The molecule has 2 aromatic carbocycles. The van der Waals surface area contributed by atoms with E-state index in [2.05, 4.69) is 19.9 Å². The molecule has 0 spiro atoms. The molecule has 0 amide bonds. The summed E-state index contributed by atoms with van der Waals surface area (Å²) in [5.74, 6) is 0.818. The highest BCUT2D eigenvalue weighted by Crippen LogP contribution is 2.31. The first kappa shape index (κ1) is 9.07. The summed E-state index contributed by atoms with van der Waals surface area (Å²) in [6, 6.07) is 11.8. The van der Waals surface area contributed by atoms with Crippen LogP contribution in [0, 0.1) is 0 Å². The van der Waals surface area contributed by atoms with E-state index in [1.54, 1.807) is 6.07 Å². The smallest absolute Gasteiger partial charge is 0.123 e. The first-order chi connectivity index (χ1) is 6.70. The molecule has 0 radical (unpaired) electrons. The minimum atomic E-state index is 0.381. The molecule has 0 aliphatic carbocycles. The van der Waals surface area contributed by atoms with Crippen LogP contribution in [0.2, 0.25) is 0 Å². The number of aromatic hydroxyl groups is 1. The maximum atomic E-state index is 9.80. The average molecular weight is 186 g/mol. The molecular weight excluding hydrogens is 172 g/mol. The van der Waals surface area contributed by atoms with Crippen molar-refractivity contribution in [2.24, 2.45) is 0 Å². The molecule has 0 heterocycles. The Balaban J connectivity index is 2.84. The van der Waals surface area contributed by atoms with Crippen molar-refractivity contribution in [3.05, 3.63) is 42.0 Å². The van der Waals surface area contributed by atoms with E-state index in [0.29, 0.717) is 11.7 Å². The van der Waals surface area contributed by atoms with E-state index in [-0.39, 0.29) is 0 Å². The summed E-state index contributed by atoms with van der Waals surface area (Å²) >= 11 is 0. The maximum absolute atomic E-state index is 9.80. The monoisotopic (exact) mass is 186 g/mol. The molecule has 1 heteroatoms. The second kappa shape index (κ2) is 3.33. The number of rotatable bonds is 1. The van der Waals surface area contributed by atoms with Gasteiger partial charge in [0.05, 0.1) is 0 Å². The third-order valence-corrected chi connectivity index (χ3v) is 2.54. The highest BCUT2D eigenvalue weighted by Gasteiger charge is 2.07. The van der Waals surface area contributed by atoms with Crippen molar-refractivity contribution >= 4 is 10.8 Å². The van der Waals surface area contributed by atoms with Gasteiger partial charge in [0.1, 0.15) is 5.75 Å². The van der Waals surface area contributed by atoms with Crippen molar-refractivity contribution in [1.29, 1.82) is 0 Å². The van der Waals surface area contributed by atoms with E-state index in [0.717, 1.165) is 10.8 Å². The summed E-state index contributed by atoms with van der Waals surface area (Å²) in [5, 5.41) is 11.9. The second-order valence-corrected chi connectivity index (χ2v) is 3.88. The van der Waals surface area contributed by atoms with Crippen molar-refractivity contribution in [3.63, 3.8) is 0 Å². The van der Waals surface area contributed by atoms with Gasteiger partial charge in [0.25, 0.3) is 0 Å². The predicted octanol–water partition coefficient (Wildman–Crippen LogP) is 3.67. The predicted molar refractivity (Wildman–Crippen MR) is 59.7 cm³/mol. The van der Waals surface area contributed by atoms with Crippen molar-refractivity contribution in [2.45, 2.75) is 19.8 Å². The summed E-state index contributed by atoms with van der Waals surface area (Å²) in [4.78, 5) is 0. The van der Waals surface area contributed by atoms with Crippen LogP contribution in [-0.4, -0.2) is 5.11 Å². The minimum Gasteiger partial charge on any atom is -0.507 e. The van der Waals surface area contributed by atoms with Crippen molar-refractivity contribution < 1.29 is 5.11 Å². The van der Waals surface area contributed by atoms with Gasteiger partial charge in [-0.25, -0.2) is 0 Å². The quantitative estimate of drug-likeness (QED) is 0.720. The van der Waals surface area contributed by atoms with Gasteiger partial charge in [-0.05, 0) is 22.9 Å². The van der Waals surface area contributed by atoms with Crippen LogP contribution in [0.1, 0.15) is 25.3 Å². The first-order valence-corrected chi connectivity index (χ1v) is 4.91. The summed E-state index contributed by atoms with van der Waals surface area (Å²) in [6.45, 7) is 4.28. The molecule has 72 valence electrons. The SMILES string of the molecule is CC(C)c1cccc2cccc(O)c12. The van der Waals surface area contributed by atoms with Crippen LogP contribution >= 0.6 is 0 Å². The molecule has 14 heavy (non-hydrogen) atoms. The molecule has 1 nitrogen and oxygen atoms in total. The fourth-order valence-electron chi connectivity index (χ4n) is 1.83. The van der Waals surface area contributed by atoms with E-state index in [1.807, 2.05) is 24.3 Å². The first-order valence-electron chi connectivity index (χ1n) is 4.91. The minimum absolute atomic E-state index is 0.381. The second-order valence-electron chi connectivity index (χ2n) is 3.88. The summed E-state index contributed by atoms with van der Waals surface area (Å²) in [5.41, 5.74) is 1.21. The zero-order valence-corrected chi connectivity index (χ0v) is 8.49. The Labute approximate surface area is 84.0 Å². The topological polar surface area (TPSA) is 20.2 Å². The molecule has 0 bridgehead atoms. The van der Waals surface area contributed by atoms with E-state index >= 15 is 0 Å². The van der Waals surface area contributed by atoms with Gasteiger partial charge in [-0.1, -0.05) is 44.2 Å². The third-order valence-electron chi connectivity index (χ3n) is 2.54. The summed E-state index contributed by atoms with van der Waals surface area (Å²) in [7, 11) is 0. The maximum Gasteiger partial charge on any atom is 0.123 e. The van der Waals surface area contributed by atoms with Gasteiger partial charge in [-0.15, -0.1) is 0 Å². The lowest BCUT2D eigenvalue weighted by Gasteiger charge is -2.10. The standard InChI is InChI=1S/C13H14O/c1-9(2)11-7-3-5-10-6-4-8-12(14)13(10)11/h3-9,14H,1-2H3. The van der Waals surface area contributed by atoms with Crippen molar-refractivity contribution in [3.8, 4) is 5.75 Å². The molecule has 0 fully saturated rings. The highest BCUT2D eigenvalue weighted by molar-refractivity contribution is 5.91. The molecule has 0 atom stereocenters. The summed E-state index contributed by atoms with van der Waals surface area (Å²) in [6.07, 6.45) is 0. The fraction of sp³-hybridized carbons (Fsp3) is 0.231. The Hall–Kier alpha value is -1.50. The molecule has 1 N–H and O–H groups in total. The third kappa shape index (κ3) is 1.35. The van der Waals surface area contributed by atoms with E-state index in [9.17, 15) is 5.11 Å². The number of fused-ring (bicyclic) bond motifs is 1. The van der Waals surface area contributed by atoms with Crippen LogP contribution in [0.25, 0.3) is 10.8 Å². The number of hydrogen-bond donors (Lipinski definition) is 1. The van der Waals surface area contributed by atoms with Crippen molar-refractivity contribution in [2.75, 3.05) is 0 Å². The van der Waals surface area contributed by atoms with Crippen LogP contribution in [0.5, 0.6) is 5.75 Å². The Morgan fingerprint density at radius 1 is 1.00 bits per heavy atom. The number of phenols is 1. The summed E-state index contributed by atoms with van der Waals surface area (Å²) < 4.78 is 0. The van der Waals surface area contributed by atoms with E-state index in [4.69, 9.17) is 0 Å². The lowest BCUT2D eigenvalue weighted by atomic mass is 9.95. The fourth-order valence-corrected chi connectivity index (χ4v) is 1.83. The van der Waals surface area contributed by atoms with Gasteiger partial charge >= 0.3 is 0 Å². The van der Waals surface area contributed by atoms with Gasteiger partial charge in [0, 0.05) is 5.39 Å². The number of benzene rings is 2. The number of hydrogen-bond acceptors (Lipinski definition) is 1. The van der Waals surface area contributed by atoms with Gasteiger partial charge < -0.3 is 5.11 Å². The van der Waals surface area contributed by atoms with Crippen LogP contribution in [0.15, 0.2) is 36.4 Å². The van der Waals surface area contributed by atoms with Crippen LogP contribution < -0.4 is 0 Å². The molecule has 0 aliphatic heterocycles. The molecule has 2 rings (SSSR count). The van der Waals surface area contributed by atoms with Crippen molar-refractivity contribution in [1.82, 2.24) is 0 Å². The molecule has 0 aromatic heterocycles. The molecule has 0 saturated carbocycles. The zero-order chi connectivity index (χ0) is 10.1. The van der Waals surface area contributed by atoms with Gasteiger partial charge in [-0.3, -0.25) is 0 Å². The Bertz CT molecular complexity index is 452.